The molecule has 1 aromatic carbocycles. The van der Waals surface area contributed by atoms with Crippen molar-refractivity contribution in [1.29, 1.82) is 0 Å². The van der Waals surface area contributed by atoms with Crippen molar-refractivity contribution in [1.82, 2.24) is 15.5 Å². The molecule has 122 valence electrons. The van der Waals surface area contributed by atoms with Gasteiger partial charge in [-0.25, -0.2) is 0 Å². The molecule has 0 spiro atoms. The zero-order chi connectivity index (χ0) is 16.7. The topological polar surface area (TPSA) is 69.8 Å². The normalized spacial score (nSPS) is 16.7. The molecule has 0 unspecified atom stereocenters. The highest BCUT2D eigenvalue weighted by Crippen LogP contribution is 2.30. The maximum absolute atomic E-state index is 12.6. The standard InChI is InChI=1S/C15H15F3N4O/c1-14(7-19-8-14)13(23)20-10-4-2-9(3-5-10)11-6-12(22-21-11)15(16,17)18/h2-6,19H,7-8H2,1H3,(H,20,23)(H,21,22). The number of hydrogen-bond acceptors (Lipinski definition) is 3. The highest BCUT2D eigenvalue weighted by atomic mass is 19.4. The lowest BCUT2D eigenvalue weighted by Gasteiger charge is -2.37. The van der Waals surface area contributed by atoms with E-state index in [1.54, 1.807) is 24.3 Å². The molecule has 0 aliphatic carbocycles. The van der Waals surface area contributed by atoms with Crippen LogP contribution in [0.15, 0.2) is 30.3 Å². The Labute approximate surface area is 130 Å². The number of carbonyl (C=O) groups is 1. The second-order valence-electron chi connectivity index (χ2n) is 5.86. The summed E-state index contributed by atoms with van der Waals surface area (Å²) < 4.78 is 37.7. The van der Waals surface area contributed by atoms with E-state index < -0.39 is 17.3 Å². The third-order valence-electron chi connectivity index (χ3n) is 3.90. The van der Waals surface area contributed by atoms with Gasteiger partial charge in [0.05, 0.1) is 11.1 Å². The molecule has 3 rings (SSSR count). The number of rotatable bonds is 3. The lowest BCUT2D eigenvalue weighted by atomic mass is 9.83. The van der Waals surface area contributed by atoms with Crippen molar-refractivity contribution in [2.75, 3.05) is 18.4 Å². The Morgan fingerprint density at radius 1 is 1.26 bits per heavy atom. The molecular weight excluding hydrogens is 309 g/mol. The van der Waals surface area contributed by atoms with Crippen LogP contribution in [0, 0.1) is 5.41 Å². The summed E-state index contributed by atoms with van der Waals surface area (Å²) >= 11 is 0. The van der Waals surface area contributed by atoms with E-state index in [0.717, 1.165) is 6.07 Å². The van der Waals surface area contributed by atoms with Gasteiger partial charge in [0.1, 0.15) is 5.69 Å². The Morgan fingerprint density at radius 3 is 2.39 bits per heavy atom. The van der Waals surface area contributed by atoms with Crippen LogP contribution >= 0.6 is 0 Å². The van der Waals surface area contributed by atoms with Gasteiger partial charge in [-0.05, 0) is 25.1 Å². The molecule has 1 saturated heterocycles. The fraction of sp³-hybridized carbons (Fsp3) is 0.333. The predicted molar refractivity (Wildman–Crippen MR) is 78.6 cm³/mol. The summed E-state index contributed by atoms with van der Waals surface area (Å²) in [6, 6.07) is 7.48. The number of aromatic nitrogens is 2. The van der Waals surface area contributed by atoms with E-state index in [-0.39, 0.29) is 11.6 Å². The minimum absolute atomic E-state index is 0.0804. The number of carbonyl (C=O) groups excluding carboxylic acids is 1. The maximum Gasteiger partial charge on any atom is 0.432 e. The van der Waals surface area contributed by atoms with Crippen molar-refractivity contribution < 1.29 is 18.0 Å². The predicted octanol–water partition coefficient (Wildman–Crippen LogP) is 2.64. The summed E-state index contributed by atoms with van der Waals surface area (Å²) in [6.45, 7) is 3.13. The summed E-state index contributed by atoms with van der Waals surface area (Å²) in [7, 11) is 0. The molecule has 1 aromatic heterocycles. The summed E-state index contributed by atoms with van der Waals surface area (Å²) in [5.41, 5.74) is 0.0213. The van der Waals surface area contributed by atoms with Gasteiger partial charge in [-0.15, -0.1) is 0 Å². The van der Waals surface area contributed by atoms with E-state index in [4.69, 9.17) is 0 Å². The molecule has 1 aliphatic rings. The second-order valence-corrected chi connectivity index (χ2v) is 5.86. The van der Waals surface area contributed by atoms with E-state index in [0.29, 0.717) is 24.3 Å². The monoisotopic (exact) mass is 324 g/mol. The van der Waals surface area contributed by atoms with Gasteiger partial charge in [0.15, 0.2) is 0 Å². The molecule has 23 heavy (non-hydrogen) atoms. The molecule has 0 bridgehead atoms. The lowest BCUT2D eigenvalue weighted by Crippen LogP contribution is -2.58. The van der Waals surface area contributed by atoms with Gasteiger partial charge in [0, 0.05) is 24.3 Å². The molecule has 2 aromatic rings. The van der Waals surface area contributed by atoms with Crippen molar-refractivity contribution in [3.63, 3.8) is 0 Å². The molecule has 1 fully saturated rings. The zero-order valence-electron chi connectivity index (χ0n) is 12.3. The summed E-state index contributed by atoms with van der Waals surface area (Å²) in [4.78, 5) is 12.1. The molecule has 1 aliphatic heterocycles. The van der Waals surface area contributed by atoms with E-state index >= 15 is 0 Å². The van der Waals surface area contributed by atoms with Gasteiger partial charge in [0.25, 0.3) is 0 Å². The Kier molecular flexibility index (Phi) is 3.63. The summed E-state index contributed by atoms with van der Waals surface area (Å²) in [5, 5.41) is 11.5. The van der Waals surface area contributed by atoms with Crippen molar-refractivity contribution in [2.24, 2.45) is 5.41 Å². The average molecular weight is 324 g/mol. The number of nitrogens with zero attached hydrogens (tertiary/aromatic N) is 1. The largest absolute Gasteiger partial charge is 0.432 e. The van der Waals surface area contributed by atoms with Gasteiger partial charge >= 0.3 is 6.18 Å². The Morgan fingerprint density at radius 2 is 1.91 bits per heavy atom. The summed E-state index contributed by atoms with van der Waals surface area (Å²) in [6.07, 6.45) is -4.45. The van der Waals surface area contributed by atoms with Crippen molar-refractivity contribution in [3.8, 4) is 11.3 Å². The van der Waals surface area contributed by atoms with Crippen LogP contribution in [0.25, 0.3) is 11.3 Å². The molecular formula is C15H15F3N4O. The van der Waals surface area contributed by atoms with E-state index in [2.05, 4.69) is 15.7 Å². The smallest absolute Gasteiger partial charge is 0.326 e. The van der Waals surface area contributed by atoms with Crippen molar-refractivity contribution >= 4 is 11.6 Å². The maximum atomic E-state index is 12.6. The molecule has 0 saturated carbocycles. The fourth-order valence-corrected chi connectivity index (χ4v) is 2.28. The van der Waals surface area contributed by atoms with Gasteiger partial charge in [-0.1, -0.05) is 12.1 Å². The van der Waals surface area contributed by atoms with E-state index in [1.807, 2.05) is 12.0 Å². The Hall–Kier alpha value is -2.35. The number of anilines is 1. The van der Waals surface area contributed by atoms with Gasteiger partial charge in [0.2, 0.25) is 5.91 Å². The van der Waals surface area contributed by atoms with Crippen LogP contribution in [-0.2, 0) is 11.0 Å². The zero-order valence-corrected chi connectivity index (χ0v) is 12.3. The number of halogens is 3. The van der Waals surface area contributed by atoms with Crippen LogP contribution in [0.3, 0.4) is 0 Å². The fourth-order valence-electron chi connectivity index (χ4n) is 2.28. The van der Waals surface area contributed by atoms with Crippen LogP contribution in [-0.4, -0.2) is 29.2 Å². The summed E-state index contributed by atoms with van der Waals surface area (Å²) in [5.74, 6) is -0.0804. The first-order valence-electron chi connectivity index (χ1n) is 7.03. The first kappa shape index (κ1) is 15.5. The number of nitrogens with one attached hydrogen (secondary N) is 3. The molecule has 5 nitrogen and oxygen atoms in total. The highest BCUT2D eigenvalue weighted by molar-refractivity contribution is 5.96. The number of benzene rings is 1. The van der Waals surface area contributed by atoms with Gasteiger partial charge in [-0.2, -0.15) is 18.3 Å². The highest BCUT2D eigenvalue weighted by Gasteiger charge is 2.39. The number of amides is 1. The first-order valence-corrected chi connectivity index (χ1v) is 7.03. The van der Waals surface area contributed by atoms with Crippen LogP contribution in [0.2, 0.25) is 0 Å². The van der Waals surface area contributed by atoms with Gasteiger partial charge < -0.3 is 10.6 Å². The van der Waals surface area contributed by atoms with Crippen LogP contribution < -0.4 is 10.6 Å². The third-order valence-corrected chi connectivity index (χ3v) is 3.90. The minimum atomic E-state index is -4.45. The van der Waals surface area contributed by atoms with Crippen molar-refractivity contribution in [3.05, 3.63) is 36.0 Å². The molecule has 2 heterocycles. The molecule has 0 atom stereocenters. The van der Waals surface area contributed by atoms with Crippen LogP contribution in [0.1, 0.15) is 12.6 Å². The molecule has 0 radical (unpaired) electrons. The van der Waals surface area contributed by atoms with Crippen LogP contribution in [0.4, 0.5) is 18.9 Å². The van der Waals surface area contributed by atoms with E-state index in [9.17, 15) is 18.0 Å². The third kappa shape index (κ3) is 3.07. The second kappa shape index (κ2) is 5.38. The Balaban J connectivity index is 1.72. The number of alkyl halides is 3. The average Bonchev–Trinajstić information content (AvgIpc) is 2.95. The van der Waals surface area contributed by atoms with E-state index in [1.165, 1.54) is 0 Å². The molecule has 3 N–H and O–H groups in total. The number of hydrogen-bond donors (Lipinski definition) is 3. The Bertz CT molecular complexity index is 717. The van der Waals surface area contributed by atoms with Crippen LogP contribution in [0.5, 0.6) is 0 Å². The minimum Gasteiger partial charge on any atom is -0.326 e. The number of H-pyrrole nitrogens is 1. The molecule has 8 heteroatoms. The number of aromatic amines is 1. The SMILES string of the molecule is CC1(C(=O)Nc2ccc(-c3cc(C(F)(F)F)[nH]n3)cc2)CNC1. The lowest BCUT2D eigenvalue weighted by molar-refractivity contribution is -0.141. The van der Waals surface area contributed by atoms with Crippen molar-refractivity contribution in [2.45, 2.75) is 13.1 Å². The quantitative estimate of drug-likeness (QED) is 0.813. The first-order chi connectivity index (χ1) is 10.8. The molecule has 1 amide bonds. The van der Waals surface area contributed by atoms with Gasteiger partial charge in [-0.3, -0.25) is 9.89 Å².